The Morgan fingerprint density at radius 1 is 0.386 bits per heavy atom. The fraction of sp³-hybridized carbons (Fsp3) is 0. The molecule has 3 aromatic heterocycles. The van der Waals surface area contributed by atoms with Gasteiger partial charge in [-0.2, -0.15) is 0 Å². The van der Waals surface area contributed by atoms with Crippen molar-refractivity contribution < 1.29 is 4.42 Å². The molecule has 44 heavy (non-hydrogen) atoms. The molecule has 0 saturated heterocycles. The molecule has 0 aliphatic heterocycles. The summed E-state index contributed by atoms with van der Waals surface area (Å²) in [4.78, 5) is 15.2. The van der Waals surface area contributed by atoms with Crippen molar-refractivity contribution in [3.05, 3.63) is 140 Å². The van der Waals surface area contributed by atoms with Crippen LogP contribution in [0.5, 0.6) is 0 Å². The number of thiophene rings is 1. The van der Waals surface area contributed by atoms with Crippen molar-refractivity contribution in [3.8, 4) is 45.3 Å². The number of rotatable bonds is 4. The highest BCUT2D eigenvalue weighted by Gasteiger charge is 2.20. The van der Waals surface area contributed by atoms with Gasteiger partial charge >= 0.3 is 0 Å². The molecule has 9 aromatic rings. The number of hydrogen-bond donors (Lipinski definition) is 0. The van der Waals surface area contributed by atoms with E-state index in [1.165, 1.54) is 20.2 Å². The van der Waals surface area contributed by atoms with Gasteiger partial charge in [0.25, 0.3) is 0 Å². The minimum absolute atomic E-state index is 0.581. The predicted octanol–water partition coefficient (Wildman–Crippen LogP) is 10.8. The number of furan rings is 1. The zero-order valence-corrected chi connectivity index (χ0v) is 24.3. The number of aromatic nitrogens is 3. The van der Waals surface area contributed by atoms with E-state index in [1.54, 1.807) is 11.3 Å². The molecule has 206 valence electrons. The molecule has 5 heteroatoms. The second kappa shape index (κ2) is 9.97. The Labute approximate surface area is 256 Å². The van der Waals surface area contributed by atoms with Gasteiger partial charge in [0.2, 0.25) is 0 Å². The highest BCUT2D eigenvalue weighted by Crippen LogP contribution is 2.41. The van der Waals surface area contributed by atoms with E-state index in [9.17, 15) is 0 Å². The molecule has 0 spiro atoms. The molecule has 0 radical (unpaired) electrons. The summed E-state index contributed by atoms with van der Waals surface area (Å²) in [6.07, 6.45) is 0. The zero-order chi connectivity index (χ0) is 29.0. The van der Waals surface area contributed by atoms with E-state index < -0.39 is 0 Å². The lowest BCUT2D eigenvalue weighted by Gasteiger charge is -2.09. The number of benzene rings is 6. The predicted molar refractivity (Wildman–Crippen MR) is 182 cm³/mol. The summed E-state index contributed by atoms with van der Waals surface area (Å²) in [5, 5.41) is 4.55. The van der Waals surface area contributed by atoms with Crippen molar-refractivity contribution in [1.29, 1.82) is 0 Å². The molecule has 0 N–H and O–H groups in total. The molecule has 0 aliphatic rings. The third-order valence-corrected chi connectivity index (χ3v) is 9.38. The van der Waals surface area contributed by atoms with E-state index in [0.29, 0.717) is 17.5 Å². The molecule has 0 fully saturated rings. The van der Waals surface area contributed by atoms with E-state index in [0.717, 1.165) is 49.8 Å². The highest BCUT2D eigenvalue weighted by atomic mass is 32.1. The van der Waals surface area contributed by atoms with Crippen LogP contribution in [0.2, 0.25) is 0 Å². The molecular formula is C39H23N3OS. The van der Waals surface area contributed by atoms with Gasteiger partial charge in [-0.3, -0.25) is 0 Å². The first kappa shape index (κ1) is 24.9. The number of hydrogen-bond acceptors (Lipinski definition) is 5. The van der Waals surface area contributed by atoms with Crippen molar-refractivity contribution in [2.75, 3.05) is 0 Å². The number of fused-ring (bicyclic) bond motifs is 6. The number of nitrogens with zero attached hydrogens (tertiary/aromatic N) is 3. The lowest BCUT2D eigenvalue weighted by atomic mass is 10.0. The van der Waals surface area contributed by atoms with Gasteiger partial charge in [-0.15, -0.1) is 11.3 Å². The van der Waals surface area contributed by atoms with Crippen LogP contribution >= 0.6 is 11.3 Å². The second-order valence-electron chi connectivity index (χ2n) is 10.8. The summed E-state index contributed by atoms with van der Waals surface area (Å²) in [6.45, 7) is 0. The Kier molecular flexibility index (Phi) is 5.64. The fourth-order valence-corrected chi connectivity index (χ4v) is 7.31. The first-order valence-electron chi connectivity index (χ1n) is 14.5. The van der Waals surface area contributed by atoms with E-state index in [2.05, 4.69) is 97.1 Å². The SMILES string of the molecule is c1ccc(-c2nc(-c3cccc4c3oc3c(-c5ccccc5)cccc34)nc(-c3cccc4c3sc3ccccc34)n2)cc1. The van der Waals surface area contributed by atoms with E-state index in [-0.39, 0.29) is 0 Å². The van der Waals surface area contributed by atoms with Crippen LogP contribution in [0.25, 0.3) is 87.4 Å². The largest absolute Gasteiger partial charge is 0.455 e. The van der Waals surface area contributed by atoms with Gasteiger partial charge in [0.1, 0.15) is 11.2 Å². The minimum Gasteiger partial charge on any atom is -0.455 e. The van der Waals surface area contributed by atoms with Crippen molar-refractivity contribution >= 4 is 53.4 Å². The normalized spacial score (nSPS) is 11.6. The average Bonchev–Trinajstić information content (AvgIpc) is 3.67. The molecular weight excluding hydrogens is 559 g/mol. The highest BCUT2D eigenvalue weighted by molar-refractivity contribution is 7.26. The van der Waals surface area contributed by atoms with E-state index in [1.807, 2.05) is 42.5 Å². The summed E-state index contributed by atoms with van der Waals surface area (Å²) >= 11 is 1.77. The van der Waals surface area contributed by atoms with Gasteiger partial charge in [0.15, 0.2) is 17.5 Å². The standard InChI is InChI=1S/C39H23N3OS/c1-3-12-24(13-4-1)26-17-9-18-28-29-19-10-21-31(35(29)43-34(26)28)38-40-37(25-14-5-2-6-15-25)41-39(42-38)32-22-11-20-30-27-16-7-8-23-33(27)44-36(30)32/h1-23H. The molecule has 3 heterocycles. The lowest BCUT2D eigenvalue weighted by molar-refractivity contribution is 0.670. The average molecular weight is 582 g/mol. The molecule has 0 unspecified atom stereocenters. The van der Waals surface area contributed by atoms with Crippen LogP contribution in [0.4, 0.5) is 0 Å². The first-order chi connectivity index (χ1) is 21.8. The molecule has 0 saturated carbocycles. The quantitative estimate of drug-likeness (QED) is 0.207. The van der Waals surface area contributed by atoms with Crippen LogP contribution in [0.15, 0.2) is 144 Å². The summed E-state index contributed by atoms with van der Waals surface area (Å²) in [5.41, 5.74) is 6.56. The van der Waals surface area contributed by atoms with Crippen LogP contribution in [0, 0.1) is 0 Å². The van der Waals surface area contributed by atoms with Crippen LogP contribution in [-0.2, 0) is 0 Å². The van der Waals surface area contributed by atoms with Crippen molar-refractivity contribution in [1.82, 2.24) is 15.0 Å². The summed E-state index contributed by atoms with van der Waals surface area (Å²) in [6, 6.07) is 47.9. The maximum absolute atomic E-state index is 6.73. The Morgan fingerprint density at radius 3 is 1.66 bits per heavy atom. The van der Waals surface area contributed by atoms with Gasteiger partial charge in [0.05, 0.1) is 5.56 Å². The Morgan fingerprint density at radius 2 is 0.909 bits per heavy atom. The van der Waals surface area contributed by atoms with Crippen molar-refractivity contribution in [3.63, 3.8) is 0 Å². The van der Waals surface area contributed by atoms with Crippen LogP contribution in [-0.4, -0.2) is 15.0 Å². The molecule has 0 aliphatic carbocycles. The first-order valence-corrected chi connectivity index (χ1v) is 15.4. The lowest BCUT2D eigenvalue weighted by Crippen LogP contribution is -2.00. The van der Waals surface area contributed by atoms with E-state index >= 15 is 0 Å². The topological polar surface area (TPSA) is 51.8 Å². The Bertz CT molecular complexity index is 2500. The maximum atomic E-state index is 6.73. The van der Waals surface area contributed by atoms with Gasteiger partial charge in [-0.25, -0.2) is 15.0 Å². The number of para-hydroxylation sites is 2. The van der Waals surface area contributed by atoms with Gasteiger partial charge in [-0.1, -0.05) is 121 Å². The summed E-state index contributed by atoms with van der Waals surface area (Å²) in [5.74, 6) is 1.85. The Hall–Kier alpha value is -5.65. The second-order valence-corrected chi connectivity index (χ2v) is 11.8. The van der Waals surface area contributed by atoms with Gasteiger partial charge in [0, 0.05) is 47.6 Å². The Balaban J connectivity index is 1.31. The minimum atomic E-state index is 0.581. The van der Waals surface area contributed by atoms with Crippen LogP contribution < -0.4 is 0 Å². The zero-order valence-electron chi connectivity index (χ0n) is 23.4. The monoisotopic (exact) mass is 581 g/mol. The third-order valence-electron chi connectivity index (χ3n) is 8.16. The summed E-state index contributed by atoms with van der Waals surface area (Å²) < 4.78 is 9.14. The van der Waals surface area contributed by atoms with E-state index in [4.69, 9.17) is 19.4 Å². The van der Waals surface area contributed by atoms with Crippen molar-refractivity contribution in [2.24, 2.45) is 0 Å². The molecule has 0 atom stereocenters. The molecule has 6 aromatic carbocycles. The van der Waals surface area contributed by atoms with Crippen LogP contribution in [0.3, 0.4) is 0 Å². The molecule has 0 amide bonds. The van der Waals surface area contributed by atoms with Gasteiger partial charge in [-0.05, 0) is 23.8 Å². The van der Waals surface area contributed by atoms with Crippen LogP contribution in [0.1, 0.15) is 0 Å². The molecule has 0 bridgehead atoms. The molecule has 9 rings (SSSR count). The molecule has 4 nitrogen and oxygen atoms in total. The summed E-state index contributed by atoms with van der Waals surface area (Å²) in [7, 11) is 0. The maximum Gasteiger partial charge on any atom is 0.167 e. The smallest absolute Gasteiger partial charge is 0.167 e. The van der Waals surface area contributed by atoms with Gasteiger partial charge < -0.3 is 4.42 Å². The third kappa shape index (κ3) is 3.94. The fourth-order valence-electron chi connectivity index (χ4n) is 6.10. The van der Waals surface area contributed by atoms with Crippen molar-refractivity contribution in [2.45, 2.75) is 0 Å².